The van der Waals surface area contributed by atoms with Crippen molar-refractivity contribution in [3.05, 3.63) is 23.2 Å². The van der Waals surface area contributed by atoms with Gasteiger partial charge in [0.2, 0.25) is 5.69 Å². The van der Waals surface area contributed by atoms with E-state index in [1.165, 1.54) is 11.3 Å². The molecule has 0 spiro atoms. The Labute approximate surface area is 144 Å². The van der Waals surface area contributed by atoms with Crippen LogP contribution in [0.5, 0.6) is 0 Å². The highest BCUT2D eigenvalue weighted by Gasteiger charge is 2.29. The molecule has 0 bridgehead atoms. The van der Waals surface area contributed by atoms with Crippen molar-refractivity contribution < 1.29 is 14.3 Å². The van der Waals surface area contributed by atoms with Gasteiger partial charge >= 0.3 is 5.97 Å². The van der Waals surface area contributed by atoms with Crippen LogP contribution in [-0.4, -0.2) is 53.1 Å². The van der Waals surface area contributed by atoms with E-state index in [1.54, 1.807) is 6.92 Å². The molecule has 3 rings (SSSR count). The summed E-state index contributed by atoms with van der Waals surface area (Å²) in [5.74, 6) is 0.519. The van der Waals surface area contributed by atoms with Crippen molar-refractivity contribution >= 4 is 23.1 Å². The number of carbonyl (C=O) groups excluding carboxylic acids is 1. The smallest absolute Gasteiger partial charge is 0.362 e. The van der Waals surface area contributed by atoms with Gasteiger partial charge in [0, 0.05) is 13.1 Å². The number of rotatable bonds is 4. The summed E-state index contributed by atoms with van der Waals surface area (Å²) in [6.07, 6.45) is 0.0906. The highest BCUT2D eigenvalue weighted by atomic mass is 32.1. The number of thiophene rings is 1. The Kier molecular flexibility index (Phi) is 5.06. The lowest BCUT2D eigenvalue weighted by molar-refractivity contribution is -0.00564. The lowest BCUT2D eigenvalue weighted by atomic mass is 10.2. The minimum atomic E-state index is -0.503. The van der Waals surface area contributed by atoms with Crippen LogP contribution in [0.1, 0.15) is 31.3 Å². The minimum absolute atomic E-state index is 0.0453. The fraction of sp³-hybridized carbons (Fsp3) is 0.500. The number of anilines is 1. The highest BCUT2D eigenvalue weighted by Crippen LogP contribution is 2.26. The molecule has 1 fully saturated rings. The second-order valence-electron chi connectivity index (χ2n) is 5.67. The minimum Gasteiger partial charge on any atom is -0.461 e. The van der Waals surface area contributed by atoms with Crippen LogP contribution in [0.3, 0.4) is 0 Å². The van der Waals surface area contributed by atoms with Gasteiger partial charge in [0.05, 0.1) is 23.7 Å². The first-order valence-electron chi connectivity index (χ1n) is 7.94. The third-order valence-electron chi connectivity index (χ3n) is 3.60. The summed E-state index contributed by atoms with van der Waals surface area (Å²) in [5.41, 5.74) is 0.151. The zero-order chi connectivity index (χ0) is 17.1. The molecular weight excluding hydrogens is 328 g/mol. The van der Waals surface area contributed by atoms with E-state index in [9.17, 15) is 4.79 Å². The molecule has 0 aliphatic carbocycles. The van der Waals surface area contributed by atoms with Crippen molar-refractivity contribution in [3.8, 4) is 10.7 Å². The van der Waals surface area contributed by atoms with Crippen LogP contribution in [-0.2, 0) is 9.47 Å². The van der Waals surface area contributed by atoms with Gasteiger partial charge in [0.15, 0.2) is 11.6 Å². The molecule has 7 nitrogen and oxygen atoms in total. The van der Waals surface area contributed by atoms with E-state index in [4.69, 9.17) is 9.47 Å². The maximum Gasteiger partial charge on any atom is 0.362 e. The van der Waals surface area contributed by atoms with E-state index in [0.29, 0.717) is 24.7 Å². The highest BCUT2D eigenvalue weighted by molar-refractivity contribution is 7.13. The van der Waals surface area contributed by atoms with Crippen LogP contribution in [0.25, 0.3) is 10.7 Å². The van der Waals surface area contributed by atoms with Gasteiger partial charge in [0.1, 0.15) is 0 Å². The number of morpholine rings is 1. The van der Waals surface area contributed by atoms with E-state index < -0.39 is 5.97 Å². The van der Waals surface area contributed by atoms with Crippen molar-refractivity contribution in [1.29, 1.82) is 0 Å². The van der Waals surface area contributed by atoms with Crippen molar-refractivity contribution in [2.45, 2.75) is 33.0 Å². The number of nitrogens with zero attached hydrogens (tertiary/aromatic N) is 4. The molecule has 128 valence electrons. The molecule has 0 aromatic carbocycles. The van der Waals surface area contributed by atoms with Crippen LogP contribution in [0.2, 0.25) is 0 Å². The Morgan fingerprint density at radius 1 is 1.38 bits per heavy atom. The Balaban J connectivity index is 2.01. The Bertz CT molecular complexity index is 697. The second kappa shape index (κ2) is 7.23. The number of hydrogen-bond acceptors (Lipinski definition) is 8. The van der Waals surface area contributed by atoms with Gasteiger partial charge in [0.25, 0.3) is 0 Å². The SMILES string of the molecule is CCOC(=O)c1nnc(-c2cccs2)nc1N1C[C@@H](C)O[C@H](C)C1. The van der Waals surface area contributed by atoms with Crippen molar-refractivity contribution in [1.82, 2.24) is 15.2 Å². The molecule has 2 atom stereocenters. The molecule has 8 heteroatoms. The maximum absolute atomic E-state index is 12.2. The number of carbonyl (C=O) groups is 1. The van der Waals surface area contributed by atoms with Gasteiger partial charge in [-0.3, -0.25) is 0 Å². The van der Waals surface area contributed by atoms with Gasteiger partial charge in [-0.15, -0.1) is 21.5 Å². The lowest BCUT2D eigenvalue weighted by Gasteiger charge is -2.36. The molecule has 1 aliphatic rings. The van der Waals surface area contributed by atoms with Crippen molar-refractivity contribution in [2.24, 2.45) is 0 Å². The fourth-order valence-corrected chi connectivity index (χ4v) is 3.38. The molecule has 24 heavy (non-hydrogen) atoms. The standard InChI is InChI=1S/C16H20N4O3S/c1-4-22-16(21)13-15(20-8-10(2)23-11(3)9-20)17-14(19-18-13)12-6-5-7-24-12/h5-7,10-11H,4,8-9H2,1-3H3/t10-,11-/m1/s1. The summed E-state index contributed by atoms with van der Waals surface area (Å²) in [7, 11) is 0. The van der Waals surface area contributed by atoms with E-state index in [2.05, 4.69) is 15.2 Å². The summed E-state index contributed by atoms with van der Waals surface area (Å²) in [6, 6.07) is 3.86. The fourth-order valence-electron chi connectivity index (χ4n) is 2.73. The normalized spacial score (nSPS) is 20.9. The monoisotopic (exact) mass is 348 g/mol. The van der Waals surface area contributed by atoms with E-state index in [0.717, 1.165) is 4.88 Å². The second-order valence-corrected chi connectivity index (χ2v) is 6.62. The number of hydrogen-bond donors (Lipinski definition) is 0. The zero-order valence-corrected chi connectivity index (χ0v) is 14.7. The van der Waals surface area contributed by atoms with Crippen molar-refractivity contribution in [2.75, 3.05) is 24.6 Å². The lowest BCUT2D eigenvalue weighted by Crippen LogP contribution is -2.46. The van der Waals surface area contributed by atoms with Gasteiger partial charge < -0.3 is 14.4 Å². The molecule has 0 N–H and O–H groups in total. The Hall–Kier alpha value is -2.06. The molecule has 0 radical (unpaired) electrons. The molecule has 3 heterocycles. The van der Waals surface area contributed by atoms with E-state index >= 15 is 0 Å². The first-order chi connectivity index (χ1) is 11.6. The van der Waals surface area contributed by atoms with Crippen LogP contribution in [0, 0.1) is 0 Å². The van der Waals surface area contributed by atoms with E-state index in [-0.39, 0.29) is 24.5 Å². The molecule has 1 saturated heterocycles. The third kappa shape index (κ3) is 3.54. The van der Waals surface area contributed by atoms with Gasteiger partial charge in [-0.25, -0.2) is 9.78 Å². The van der Waals surface area contributed by atoms with E-state index in [1.807, 2.05) is 36.3 Å². The first-order valence-corrected chi connectivity index (χ1v) is 8.82. The van der Waals surface area contributed by atoms with Crippen LogP contribution < -0.4 is 4.90 Å². The summed E-state index contributed by atoms with van der Waals surface area (Å²) in [4.78, 5) is 19.8. The third-order valence-corrected chi connectivity index (χ3v) is 4.46. The first kappa shape index (κ1) is 16.8. The summed E-state index contributed by atoms with van der Waals surface area (Å²) in [6.45, 7) is 7.32. The number of aromatic nitrogens is 3. The predicted molar refractivity (Wildman–Crippen MR) is 91.3 cm³/mol. The maximum atomic E-state index is 12.2. The molecule has 2 aromatic heterocycles. The summed E-state index contributed by atoms with van der Waals surface area (Å²) in [5, 5.41) is 10.2. The van der Waals surface area contributed by atoms with Crippen LogP contribution in [0.4, 0.5) is 5.82 Å². The predicted octanol–water partition coefficient (Wildman–Crippen LogP) is 2.39. The topological polar surface area (TPSA) is 77.4 Å². The van der Waals surface area contributed by atoms with Gasteiger partial charge in [-0.2, -0.15) is 0 Å². The summed E-state index contributed by atoms with van der Waals surface area (Å²) >= 11 is 1.53. The molecular formula is C16H20N4O3S. The largest absolute Gasteiger partial charge is 0.461 e. The quantitative estimate of drug-likeness (QED) is 0.785. The number of ether oxygens (including phenoxy) is 2. The molecule has 1 aliphatic heterocycles. The average molecular weight is 348 g/mol. The van der Waals surface area contributed by atoms with Crippen molar-refractivity contribution in [3.63, 3.8) is 0 Å². The van der Waals surface area contributed by atoms with Crippen LogP contribution in [0.15, 0.2) is 17.5 Å². The van der Waals surface area contributed by atoms with Gasteiger partial charge in [-0.1, -0.05) is 6.07 Å². The number of esters is 1. The molecule has 0 amide bonds. The Morgan fingerprint density at radius 2 is 2.12 bits per heavy atom. The zero-order valence-electron chi connectivity index (χ0n) is 13.9. The summed E-state index contributed by atoms with van der Waals surface area (Å²) < 4.78 is 10.9. The average Bonchev–Trinajstić information content (AvgIpc) is 3.08. The Morgan fingerprint density at radius 3 is 2.75 bits per heavy atom. The molecule has 0 unspecified atom stereocenters. The van der Waals surface area contributed by atoms with Gasteiger partial charge in [-0.05, 0) is 32.2 Å². The molecule has 0 saturated carbocycles. The molecule has 2 aromatic rings. The van der Waals surface area contributed by atoms with Crippen LogP contribution >= 0.6 is 11.3 Å².